The predicted octanol–water partition coefficient (Wildman–Crippen LogP) is 3.74. The zero-order valence-electron chi connectivity index (χ0n) is 9.81. The van der Waals surface area contributed by atoms with E-state index in [-0.39, 0.29) is 29.1 Å². The van der Waals surface area contributed by atoms with Crippen LogP contribution in [0.5, 0.6) is 0 Å². The van der Waals surface area contributed by atoms with E-state index in [1.807, 2.05) is 13.8 Å². The molecule has 1 aromatic heterocycles. The largest absolute Gasteiger partial charge is 0.417 e. The van der Waals surface area contributed by atoms with Gasteiger partial charge in [-0.2, -0.15) is 13.2 Å². The summed E-state index contributed by atoms with van der Waals surface area (Å²) in [5.41, 5.74) is -0.950. The number of rotatable bonds is 3. The molecule has 0 bridgehead atoms. The number of hydrogen-bond donors (Lipinski definition) is 1. The Morgan fingerprint density at radius 3 is 2.56 bits per heavy atom. The van der Waals surface area contributed by atoms with E-state index in [1.54, 1.807) is 0 Å². The molecule has 18 heavy (non-hydrogen) atoms. The van der Waals surface area contributed by atoms with Crippen molar-refractivity contribution in [1.82, 2.24) is 4.98 Å². The molecule has 1 heterocycles. The molecular weight excluding hydrogens is 269 g/mol. The average Bonchev–Trinajstić information content (AvgIpc) is 2.18. The van der Waals surface area contributed by atoms with Gasteiger partial charge in [0.15, 0.2) is 5.82 Å². The molecule has 1 amide bonds. The standard InChI is InChI=1S/C11H12ClF3N2O/c1-6(2)3-9(18)17-10-8(12)4-7(5-16-10)11(13,14)15/h4-6H,3H2,1-2H3,(H,16,17,18). The highest BCUT2D eigenvalue weighted by Gasteiger charge is 2.31. The van der Waals surface area contributed by atoms with Gasteiger partial charge in [-0.05, 0) is 12.0 Å². The van der Waals surface area contributed by atoms with E-state index in [1.165, 1.54) is 0 Å². The maximum Gasteiger partial charge on any atom is 0.417 e. The lowest BCUT2D eigenvalue weighted by molar-refractivity contribution is -0.137. The molecule has 100 valence electrons. The second-order valence-corrected chi connectivity index (χ2v) is 4.61. The molecule has 0 spiro atoms. The molecule has 0 atom stereocenters. The van der Waals surface area contributed by atoms with Crippen LogP contribution in [0.1, 0.15) is 25.8 Å². The van der Waals surface area contributed by atoms with Crippen LogP contribution in [0.3, 0.4) is 0 Å². The Hall–Kier alpha value is -1.30. The molecule has 0 radical (unpaired) electrons. The maximum atomic E-state index is 12.3. The number of nitrogens with one attached hydrogen (secondary N) is 1. The zero-order valence-corrected chi connectivity index (χ0v) is 10.6. The number of aromatic nitrogens is 1. The van der Waals surface area contributed by atoms with Gasteiger partial charge in [-0.1, -0.05) is 25.4 Å². The fourth-order valence-electron chi connectivity index (χ4n) is 1.24. The second-order valence-electron chi connectivity index (χ2n) is 4.20. The maximum absolute atomic E-state index is 12.3. The van der Waals surface area contributed by atoms with Crippen molar-refractivity contribution in [3.8, 4) is 0 Å². The number of amides is 1. The van der Waals surface area contributed by atoms with Crippen LogP contribution in [0.15, 0.2) is 12.3 Å². The highest BCUT2D eigenvalue weighted by Crippen LogP contribution is 2.32. The summed E-state index contributed by atoms with van der Waals surface area (Å²) in [5, 5.41) is 2.14. The van der Waals surface area contributed by atoms with Gasteiger partial charge in [0.1, 0.15) is 0 Å². The van der Waals surface area contributed by atoms with E-state index in [4.69, 9.17) is 11.6 Å². The molecule has 0 fully saturated rings. The minimum absolute atomic E-state index is 0.0599. The molecule has 7 heteroatoms. The van der Waals surface area contributed by atoms with Gasteiger partial charge in [0, 0.05) is 12.6 Å². The summed E-state index contributed by atoms with van der Waals surface area (Å²) >= 11 is 5.64. The van der Waals surface area contributed by atoms with Crippen molar-refractivity contribution in [3.63, 3.8) is 0 Å². The van der Waals surface area contributed by atoms with Crippen LogP contribution < -0.4 is 5.32 Å². The van der Waals surface area contributed by atoms with E-state index in [0.29, 0.717) is 6.20 Å². The van der Waals surface area contributed by atoms with Gasteiger partial charge in [0.25, 0.3) is 0 Å². The number of alkyl halides is 3. The minimum atomic E-state index is -4.50. The van der Waals surface area contributed by atoms with Gasteiger partial charge in [-0.25, -0.2) is 4.98 Å². The SMILES string of the molecule is CC(C)CC(=O)Nc1ncc(C(F)(F)F)cc1Cl. The molecule has 0 aliphatic rings. The van der Waals surface area contributed by atoms with Crippen molar-refractivity contribution in [1.29, 1.82) is 0 Å². The lowest BCUT2D eigenvalue weighted by atomic mass is 10.1. The second kappa shape index (κ2) is 5.56. The molecule has 1 aromatic rings. The van der Waals surface area contributed by atoms with Gasteiger partial charge in [-0.3, -0.25) is 4.79 Å². The first-order chi connectivity index (χ1) is 8.20. The first-order valence-corrected chi connectivity index (χ1v) is 5.60. The van der Waals surface area contributed by atoms with Gasteiger partial charge in [0.05, 0.1) is 10.6 Å². The average molecular weight is 281 g/mol. The summed E-state index contributed by atoms with van der Waals surface area (Å²) in [4.78, 5) is 14.9. The molecule has 0 aliphatic heterocycles. The molecular formula is C11H12ClF3N2O. The van der Waals surface area contributed by atoms with E-state index in [0.717, 1.165) is 6.07 Å². The summed E-state index contributed by atoms with van der Waals surface area (Å²) in [5.74, 6) is -0.257. The summed E-state index contributed by atoms with van der Waals surface area (Å²) in [6.45, 7) is 3.70. The topological polar surface area (TPSA) is 42.0 Å². The molecule has 0 unspecified atom stereocenters. The third-order valence-electron chi connectivity index (χ3n) is 2.02. The Labute approximate surface area is 107 Å². The molecule has 0 saturated heterocycles. The van der Waals surface area contributed by atoms with Crippen LogP contribution in [0.25, 0.3) is 0 Å². The summed E-state index contributed by atoms with van der Waals surface area (Å²) in [7, 11) is 0. The quantitative estimate of drug-likeness (QED) is 0.916. The van der Waals surface area contributed by atoms with Gasteiger partial charge >= 0.3 is 6.18 Å². The molecule has 3 nitrogen and oxygen atoms in total. The fourth-order valence-corrected chi connectivity index (χ4v) is 1.45. The monoisotopic (exact) mass is 280 g/mol. The Morgan fingerprint density at radius 1 is 1.50 bits per heavy atom. The Kier molecular flexibility index (Phi) is 4.56. The van der Waals surface area contributed by atoms with Crippen molar-refractivity contribution < 1.29 is 18.0 Å². The third kappa shape index (κ3) is 4.18. The number of carbonyl (C=O) groups is 1. The molecule has 0 aromatic carbocycles. The van der Waals surface area contributed by atoms with Crippen LogP contribution in [-0.2, 0) is 11.0 Å². The lowest BCUT2D eigenvalue weighted by Crippen LogP contribution is -2.15. The van der Waals surface area contributed by atoms with Gasteiger partial charge in [-0.15, -0.1) is 0 Å². The Morgan fingerprint density at radius 2 is 2.11 bits per heavy atom. The van der Waals surface area contributed by atoms with E-state index < -0.39 is 11.7 Å². The highest BCUT2D eigenvalue weighted by atomic mass is 35.5. The van der Waals surface area contributed by atoms with Crippen LogP contribution in [0.4, 0.5) is 19.0 Å². The van der Waals surface area contributed by atoms with E-state index >= 15 is 0 Å². The van der Waals surface area contributed by atoms with Crippen molar-refractivity contribution >= 4 is 23.3 Å². The van der Waals surface area contributed by atoms with Gasteiger partial charge in [0.2, 0.25) is 5.91 Å². The van der Waals surface area contributed by atoms with Crippen LogP contribution in [0, 0.1) is 5.92 Å². The van der Waals surface area contributed by atoms with Gasteiger partial charge < -0.3 is 5.32 Å². The Bertz CT molecular complexity index is 446. The number of pyridine rings is 1. The smallest absolute Gasteiger partial charge is 0.309 e. The molecule has 1 rings (SSSR count). The third-order valence-corrected chi connectivity index (χ3v) is 2.31. The summed E-state index contributed by atoms with van der Waals surface area (Å²) in [6.07, 6.45) is -3.62. The fraction of sp³-hybridized carbons (Fsp3) is 0.455. The van der Waals surface area contributed by atoms with Crippen LogP contribution in [-0.4, -0.2) is 10.9 Å². The van der Waals surface area contributed by atoms with E-state index in [9.17, 15) is 18.0 Å². The molecule has 0 aliphatic carbocycles. The number of hydrogen-bond acceptors (Lipinski definition) is 2. The van der Waals surface area contributed by atoms with Crippen molar-refractivity contribution in [3.05, 3.63) is 22.8 Å². The zero-order chi connectivity index (χ0) is 13.9. The summed E-state index contributed by atoms with van der Waals surface area (Å²) < 4.78 is 37.0. The van der Waals surface area contributed by atoms with Crippen molar-refractivity contribution in [2.75, 3.05) is 5.32 Å². The number of carbonyl (C=O) groups excluding carboxylic acids is 1. The number of nitrogens with zero attached hydrogens (tertiary/aromatic N) is 1. The van der Waals surface area contributed by atoms with Crippen LogP contribution in [0.2, 0.25) is 5.02 Å². The molecule has 0 saturated carbocycles. The van der Waals surface area contributed by atoms with Crippen molar-refractivity contribution in [2.24, 2.45) is 5.92 Å². The summed E-state index contributed by atoms with van der Waals surface area (Å²) in [6, 6.07) is 0.736. The lowest BCUT2D eigenvalue weighted by Gasteiger charge is -2.10. The predicted molar refractivity (Wildman–Crippen MR) is 62.3 cm³/mol. The first-order valence-electron chi connectivity index (χ1n) is 5.22. The first kappa shape index (κ1) is 14.8. The van der Waals surface area contributed by atoms with E-state index in [2.05, 4.69) is 10.3 Å². The normalized spacial score (nSPS) is 11.7. The number of anilines is 1. The number of halogens is 4. The van der Waals surface area contributed by atoms with Crippen molar-refractivity contribution in [2.45, 2.75) is 26.4 Å². The minimum Gasteiger partial charge on any atom is -0.309 e. The van der Waals surface area contributed by atoms with Crippen LogP contribution >= 0.6 is 11.6 Å². The Balaban J connectivity index is 2.84. The molecule has 1 N–H and O–H groups in total. The highest BCUT2D eigenvalue weighted by molar-refractivity contribution is 6.33.